The van der Waals surface area contributed by atoms with Gasteiger partial charge in [-0.3, -0.25) is 14.1 Å². The minimum Gasteiger partial charge on any atom is -0.493 e. The highest BCUT2D eigenvalue weighted by molar-refractivity contribution is 7.99. The van der Waals surface area contributed by atoms with Crippen molar-refractivity contribution >= 4 is 17.5 Å². The average Bonchev–Trinajstić information content (AvgIpc) is 2.77. The summed E-state index contributed by atoms with van der Waals surface area (Å²) in [7, 11) is 3.33. The van der Waals surface area contributed by atoms with E-state index in [4.69, 9.17) is 9.47 Å². The van der Waals surface area contributed by atoms with Gasteiger partial charge in [-0.15, -0.1) is 0 Å². The lowest BCUT2D eigenvalue weighted by Gasteiger charge is -2.43. The van der Waals surface area contributed by atoms with Gasteiger partial charge in [0.2, 0.25) is 0 Å². The van der Waals surface area contributed by atoms with Gasteiger partial charge in [0.1, 0.15) is 5.78 Å². The van der Waals surface area contributed by atoms with Crippen LogP contribution in [0.5, 0.6) is 11.5 Å². The summed E-state index contributed by atoms with van der Waals surface area (Å²) in [5.41, 5.74) is 2.51. The molecule has 0 bridgehead atoms. The zero-order chi connectivity index (χ0) is 21.3. The van der Waals surface area contributed by atoms with Gasteiger partial charge < -0.3 is 9.47 Å². The first-order valence-electron chi connectivity index (χ1n) is 11.3. The number of thioether (sulfide) groups is 1. The number of carbonyl (C=O) groups excluding carboxylic acids is 1. The van der Waals surface area contributed by atoms with E-state index in [1.165, 1.54) is 36.8 Å². The Bertz CT molecular complexity index is 699. The number of ketones is 1. The van der Waals surface area contributed by atoms with Crippen LogP contribution in [0.15, 0.2) is 12.1 Å². The Morgan fingerprint density at radius 1 is 1.07 bits per heavy atom. The van der Waals surface area contributed by atoms with Gasteiger partial charge in [0, 0.05) is 37.2 Å². The van der Waals surface area contributed by atoms with Crippen molar-refractivity contribution in [3.63, 3.8) is 0 Å². The predicted octanol–water partition coefficient (Wildman–Crippen LogP) is 5.24. The second-order valence-corrected chi connectivity index (χ2v) is 9.62. The van der Waals surface area contributed by atoms with E-state index in [0.717, 1.165) is 49.6 Å². The number of piperidine rings is 1. The van der Waals surface area contributed by atoms with Crippen LogP contribution in [0, 0.1) is 5.92 Å². The van der Waals surface area contributed by atoms with Crippen LogP contribution < -0.4 is 9.47 Å². The zero-order valence-electron chi connectivity index (χ0n) is 18.5. The van der Waals surface area contributed by atoms with E-state index in [1.807, 2.05) is 0 Å². The fraction of sp³-hybridized carbons (Fsp3) is 0.708. The molecule has 6 heteroatoms. The highest BCUT2D eigenvalue weighted by Crippen LogP contribution is 2.42. The third kappa shape index (κ3) is 5.91. The number of methoxy groups -OCH3 is 2. The molecule has 2 aliphatic rings. The van der Waals surface area contributed by atoms with Crippen molar-refractivity contribution < 1.29 is 18.7 Å². The van der Waals surface area contributed by atoms with Crippen molar-refractivity contribution in [2.24, 2.45) is 5.92 Å². The molecule has 30 heavy (non-hydrogen) atoms. The summed E-state index contributed by atoms with van der Waals surface area (Å²) < 4.78 is 23.0. The molecule has 4 nitrogen and oxygen atoms in total. The molecule has 0 spiro atoms. The first kappa shape index (κ1) is 23.4. The molecule has 3 rings (SSSR count). The van der Waals surface area contributed by atoms with Crippen molar-refractivity contribution in [3.05, 3.63) is 23.3 Å². The third-order valence-corrected chi connectivity index (χ3v) is 7.50. The van der Waals surface area contributed by atoms with Crippen LogP contribution in [-0.2, 0) is 11.2 Å². The molecule has 168 valence electrons. The second-order valence-electron chi connectivity index (χ2n) is 8.39. The first-order valence-corrected chi connectivity index (χ1v) is 12.5. The number of nitrogens with zero attached hydrogens (tertiary/aromatic N) is 1. The van der Waals surface area contributed by atoms with Crippen molar-refractivity contribution in [2.75, 3.05) is 45.5 Å². The quantitative estimate of drug-likeness (QED) is 0.418. The third-order valence-electron chi connectivity index (χ3n) is 6.48. The molecular weight excluding hydrogens is 401 g/mol. The number of unbranched alkanes of at least 4 members (excludes halogenated alkanes) is 4. The van der Waals surface area contributed by atoms with Crippen molar-refractivity contribution in [1.82, 2.24) is 4.90 Å². The maximum Gasteiger partial charge on any atom is 0.161 e. The second kappa shape index (κ2) is 11.9. The van der Waals surface area contributed by atoms with Gasteiger partial charge >= 0.3 is 0 Å². The van der Waals surface area contributed by atoms with E-state index >= 15 is 0 Å². The molecule has 1 aromatic carbocycles. The number of halogens is 1. The van der Waals surface area contributed by atoms with Crippen molar-refractivity contribution in [2.45, 2.75) is 57.4 Å². The van der Waals surface area contributed by atoms with Crippen molar-refractivity contribution in [3.8, 4) is 11.5 Å². The highest BCUT2D eigenvalue weighted by Gasteiger charge is 2.38. The van der Waals surface area contributed by atoms with Crippen LogP contribution in [0.4, 0.5) is 4.39 Å². The topological polar surface area (TPSA) is 38.8 Å². The van der Waals surface area contributed by atoms with E-state index in [1.54, 1.807) is 26.0 Å². The van der Waals surface area contributed by atoms with E-state index in [-0.39, 0.29) is 18.6 Å². The van der Waals surface area contributed by atoms with Crippen LogP contribution in [0.2, 0.25) is 0 Å². The van der Waals surface area contributed by atoms with Crippen LogP contribution in [-0.4, -0.2) is 56.2 Å². The van der Waals surface area contributed by atoms with Gasteiger partial charge in [0.25, 0.3) is 0 Å². The number of ether oxygens (including phenoxy) is 2. The SMILES string of the molecule is COc1cc2c(cc1OC)[C@@H]1CC(=O)[C@@H](CCCCCCCSCCF)CN1CC2. The number of hydrogen-bond donors (Lipinski definition) is 0. The summed E-state index contributed by atoms with van der Waals surface area (Å²) in [5, 5.41) is 0. The summed E-state index contributed by atoms with van der Waals surface area (Å²) in [6.07, 6.45) is 8.56. The molecule has 2 heterocycles. The molecule has 2 atom stereocenters. The van der Waals surface area contributed by atoms with E-state index in [9.17, 15) is 9.18 Å². The average molecular weight is 438 g/mol. The molecule has 0 unspecified atom stereocenters. The highest BCUT2D eigenvalue weighted by atomic mass is 32.2. The maximum atomic E-state index is 12.9. The normalized spacial score (nSPS) is 21.2. The zero-order valence-corrected chi connectivity index (χ0v) is 19.3. The summed E-state index contributed by atoms with van der Waals surface area (Å²) in [6, 6.07) is 4.34. The Kier molecular flexibility index (Phi) is 9.31. The van der Waals surface area contributed by atoms with E-state index in [0.29, 0.717) is 18.0 Å². The van der Waals surface area contributed by atoms with Gasteiger partial charge in [-0.1, -0.05) is 25.7 Å². The summed E-state index contributed by atoms with van der Waals surface area (Å²) in [5.74, 6) is 3.82. The molecule has 0 radical (unpaired) electrons. The Labute approximate surface area is 184 Å². The number of Topliss-reactive ketones (excluding diaryl/α,β-unsaturated/α-hetero) is 1. The summed E-state index contributed by atoms with van der Waals surface area (Å²) >= 11 is 1.71. The van der Waals surface area contributed by atoms with Gasteiger partial charge in [0.05, 0.1) is 20.9 Å². The number of carbonyl (C=O) groups is 1. The molecule has 1 aromatic rings. The van der Waals surface area contributed by atoms with Crippen LogP contribution in [0.1, 0.15) is 62.1 Å². The molecular formula is C24H36FNO3S. The number of fused-ring (bicyclic) bond motifs is 3. The number of alkyl halides is 1. The predicted molar refractivity (Wildman–Crippen MR) is 122 cm³/mol. The van der Waals surface area contributed by atoms with Gasteiger partial charge in [-0.25, -0.2) is 0 Å². The van der Waals surface area contributed by atoms with Crippen LogP contribution >= 0.6 is 11.8 Å². The fourth-order valence-corrected chi connectivity index (χ4v) is 5.54. The first-order chi connectivity index (χ1) is 14.7. The summed E-state index contributed by atoms with van der Waals surface area (Å²) in [6.45, 7) is 1.68. The lowest BCUT2D eigenvalue weighted by atomic mass is 9.81. The summed E-state index contributed by atoms with van der Waals surface area (Å²) in [4.78, 5) is 15.4. The number of hydrogen-bond acceptors (Lipinski definition) is 5. The van der Waals surface area contributed by atoms with Gasteiger partial charge in [-0.2, -0.15) is 11.8 Å². The largest absolute Gasteiger partial charge is 0.493 e. The van der Waals surface area contributed by atoms with Gasteiger partial charge in [-0.05, 0) is 48.3 Å². The molecule has 0 N–H and O–H groups in total. The van der Waals surface area contributed by atoms with Crippen LogP contribution in [0.25, 0.3) is 0 Å². The monoisotopic (exact) mass is 437 g/mol. The Hall–Kier alpha value is -1.27. The minimum atomic E-state index is -0.217. The lowest BCUT2D eigenvalue weighted by Crippen LogP contribution is -2.46. The van der Waals surface area contributed by atoms with E-state index in [2.05, 4.69) is 17.0 Å². The lowest BCUT2D eigenvalue weighted by molar-refractivity contribution is -0.129. The molecule has 0 saturated carbocycles. The molecule has 0 aromatic heterocycles. The molecule has 2 aliphatic heterocycles. The van der Waals surface area contributed by atoms with Gasteiger partial charge in [0.15, 0.2) is 11.5 Å². The minimum absolute atomic E-state index is 0.180. The standard InChI is InChI=1S/C24H36FNO3S/c1-28-23-14-18-9-11-26-17-19(8-6-4-3-5-7-12-30-13-10-25)22(27)16-21(26)20(18)15-24(23)29-2/h14-15,19,21H,3-13,16-17H2,1-2H3/t19-,21-/m0/s1. The molecule has 1 fully saturated rings. The molecule has 1 saturated heterocycles. The number of benzene rings is 1. The smallest absolute Gasteiger partial charge is 0.161 e. The Balaban J connectivity index is 1.47. The molecule has 0 amide bonds. The fourth-order valence-electron chi connectivity index (χ4n) is 4.81. The number of rotatable bonds is 12. The Morgan fingerprint density at radius 3 is 2.57 bits per heavy atom. The Morgan fingerprint density at radius 2 is 1.80 bits per heavy atom. The van der Waals surface area contributed by atoms with E-state index < -0.39 is 0 Å². The molecule has 0 aliphatic carbocycles. The van der Waals surface area contributed by atoms with Crippen LogP contribution in [0.3, 0.4) is 0 Å². The van der Waals surface area contributed by atoms with Crippen molar-refractivity contribution in [1.29, 1.82) is 0 Å². The maximum absolute atomic E-state index is 12.9.